The third-order valence-corrected chi connectivity index (χ3v) is 2.75. The number of benzene rings is 1. The summed E-state index contributed by atoms with van der Waals surface area (Å²) in [7, 11) is 0. The summed E-state index contributed by atoms with van der Waals surface area (Å²) < 4.78 is 0. The molecule has 0 nitrogen and oxygen atoms in total. The normalized spacial score (nSPS) is 14.1. The van der Waals surface area contributed by atoms with Crippen molar-refractivity contribution in [2.45, 2.75) is 34.1 Å². The maximum Gasteiger partial charge on any atom is -0.0201 e. The first-order valence-corrected chi connectivity index (χ1v) is 5.39. The van der Waals surface area contributed by atoms with E-state index >= 15 is 0 Å². The van der Waals surface area contributed by atoms with Gasteiger partial charge in [0.15, 0.2) is 0 Å². The van der Waals surface area contributed by atoms with E-state index in [0.29, 0.717) is 5.92 Å². The second-order valence-electron chi connectivity index (χ2n) is 4.05. The summed E-state index contributed by atoms with van der Waals surface area (Å²) in [5, 5.41) is 0. The molecule has 0 fully saturated rings. The number of aryl methyl sites for hydroxylation is 1. The molecular weight excluding hydrogens is 168 g/mol. The summed E-state index contributed by atoms with van der Waals surface area (Å²) in [6.45, 7) is 8.87. The molecule has 0 N–H and O–H groups in total. The Morgan fingerprint density at radius 1 is 1.36 bits per heavy atom. The number of hydrogen-bond donors (Lipinski definition) is 0. The molecule has 1 atom stereocenters. The molecule has 0 spiro atoms. The van der Waals surface area contributed by atoms with Crippen molar-refractivity contribution >= 4 is 5.57 Å². The predicted octanol–water partition coefficient (Wildman–Crippen LogP) is 4.44. The van der Waals surface area contributed by atoms with Gasteiger partial charge in [0.1, 0.15) is 0 Å². The summed E-state index contributed by atoms with van der Waals surface area (Å²) >= 11 is 0. The molecular formula is C14H20. The van der Waals surface area contributed by atoms with Gasteiger partial charge in [-0.2, -0.15) is 0 Å². The first-order chi connectivity index (χ1) is 6.65. The minimum absolute atomic E-state index is 0.676. The smallest absolute Gasteiger partial charge is 0.0201 e. The molecule has 0 saturated carbocycles. The van der Waals surface area contributed by atoms with Crippen LogP contribution in [0.2, 0.25) is 0 Å². The van der Waals surface area contributed by atoms with Crippen molar-refractivity contribution in [1.29, 1.82) is 0 Å². The van der Waals surface area contributed by atoms with Gasteiger partial charge in [-0.15, -0.1) is 0 Å². The SMILES string of the molecule is CCC(C)/C=C(/C)c1ccccc1C. The molecule has 0 amide bonds. The largest absolute Gasteiger partial charge is 0.0782 e. The Morgan fingerprint density at radius 2 is 2.00 bits per heavy atom. The first-order valence-electron chi connectivity index (χ1n) is 5.39. The average Bonchev–Trinajstić information content (AvgIpc) is 2.18. The maximum absolute atomic E-state index is 2.36. The van der Waals surface area contributed by atoms with Crippen LogP contribution in [0.25, 0.3) is 5.57 Å². The zero-order chi connectivity index (χ0) is 10.6. The van der Waals surface area contributed by atoms with Crippen molar-refractivity contribution < 1.29 is 0 Å². The lowest BCUT2D eigenvalue weighted by molar-refractivity contribution is 0.699. The molecule has 0 saturated heterocycles. The van der Waals surface area contributed by atoms with Crippen molar-refractivity contribution in [3.63, 3.8) is 0 Å². The van der Waals surface area contributed by atoms with E-state index in [1.165, 1.54) is 23.1 Å². The lowest BCUT2D eigenvalue weighted by Gasteiger charge is -2.08. The zero-order valence-electron chi connectivity index (χ0n) is 9.67. The molecule has 0 aliphatic heterocycles. The summed E-state index contributed by atoms with van der Waals surface area (Å²) in [4.78, 5) is 0. The number of hydrogen-bond acceptors (Lipinski definition) is 0. The third-order valence-electron chi connectivity index (χ3n) is 2.75. The van der Waals surface area contributed by atoms with Gasteiger partial charge in [-0.3, -0.25) is 0 Å². The molecule has 1 aromatic carbocycles. The lowest BCUT2D eigenvalue weighted by Crippen LogP contribution is -1.90. The van der Waals surface area contributed by atoms with Crippen molar-refractivity contribution in [2.24, 2.45) is 5.92 Å². The molecule has 1 rings (SSSR count). The summed E-state index contributed by atoms with van der Waals surface area (Å²) in [5.74, 6) is 0.676. The van der Waals surface area contributed by atoms with Crippen LogP contribution in [0, 0.1) is 12.8 Å². The monoisotopic (exact) mass is 188 g/mol. The van der Waals surface area contributed by atoms with Crippen LogP contribution in [0.1, 0.15) is 38.3 Å². The van der Waals surface area contributed by atoms with E-state index in [-0.39, 0.29) is 0 Å². The second kappa shape index (κ2) is 4.99. The van der Waals surface area contributed by atoms with Crippen LogP contribution in [-0.2, 0) is 0 Å². The van der Waals surface area contributed by atoms with Crippen molar-refractivity contribution in [1.82, 2.24) is 0 Å². The van der Waals surface area contributed by atoms with Crippen molar-refractivity contribution in [3.05, 3.63) is 41.5 Å². The van der Waals surface area contributed by atoms with Gasteiger partial charge in [0.2, 0.25) is 0 Å². The molecule has 0 aromatic heterocycles. The Balaban J connectivity index is 2.94. The molecule has 0 aliphatic rings. The minimum Gasteiger partial charge on any atom is -0.0782 e. The van der Waals surface area contributed by atoms with Crippen LogP contribution < -0.4 is 0 Å². The summed E-state index contributed by atoms with van der Waals surface area (Å²) in [5.41, 5.74) is 4.15. The van der Waals surface area contributed by atoms with Gasteiger partial charge < -0.3 is 0 Å². The highest BCUT2D eigenvalue weighted by Gasteiger charge is 2.00. The van der Waals surface area contributed by atoms with Crippen molar-refractivity contribution in [2.75, 3.05) is 0 Å². The van der Waals surface area contributed by atoms with E-state index in [0.717, 1.165) is 0 Å². The van der Waals surface area contributed by atoms with Crippen LogP contribution in [0.15, 0.2) is 30.3 Å². The van der Waals surface area contributed by atoms with Crippen LogP contribution in [0.5, 0.6) is 0 Å². The zero-order valence-corrected chi connectivity index (χ0v) is 9.67. The van der Waals surface area contributed by atoms with Gasteiger partial charge in [0, 0.05) is 0 Å². The van der Waals surface area contributed by atoms with Gasteiger partial charge in [0.25, 0.3) is 0 Å². The molecule has 0 aliphatic carbocycles. The Bertz CT molecular complexity index is 321. The minimum atomic E-state index is 0.676. The van der Waals surface area contributed by atoms with Gasteiger partial charge >= 0.3 is 0 Å². The Kier molecular flexibility index (Phi) is 3.94. The van der Waals surface area contributed by atoms with Crippen LogP contribution >= 0.6 is 0 Å². The molecule has 0 heteroatoms. The molecule has 76 valence electrons. The van der Waals surface area contributed by atoms with Gasteiger partial charge in [-0.05, 0) is 36.5 Å². The fraction of sp³-hybridized carbons (Fsp3) is 0.429. The second-order valence-corrected chi connectivity index (χ2v) is 4.05. The van der Waals surface area contributed by atoms with Crippen LogP contribution in [-0.4, -0.2) is 0 Å². The van der Waals surface area contributed by atoms with E-state index in [2.05, 4.69) is 58.0 Å². The predicted molar refractivity (Wildman–Crippen MR) is 64.3 cm³/mol. The molecule has 0 radical (unpaired) electrons. The summed E-state index contributed by atoms with van der Waals surface area (Å²) in [6, 6.07) is 8.57. The highest BCUT2D eigenvalue weighted by atomic mass is 14.1. The van der Waals surface area contributed by atoms with E-state index in [9.17, 15) is 0 Å². The highest BCUT2D eigenvalue weighted by molar-refractivity contribution is 5.66. The topological polar surface area (TPSA) is 0 Å². The standard InChI is InChI=1S/C14H20/c1-5-11(2)10-13(4)14-9-7-6-8-12(14)3/h6-11H,5H2,1-4H3/b13-10-. The summed E-state index contributed by atoms with van der Waals surface area (Å²) in [6.07, 6.45) is 3.57. The fourth-order valence-electron chi connectivity index (χ4n) is 1.65. The highest BCUT2D eigenvalue weighted by Crippen LogP contribution is 2.20. The Morgan fingerprint density at radius 3 is 2.57 bits per heavy atom. The van der Waals surface area contributed by atoms with E-state index < -0.39 is 0 Å². The molecule has 14 heavy (non-hydrogen) atoms. The maximum atomic E-state index is 2.36. The number of rotatable bonds is 3. The lowest BCUT2D eigenvalue weighted by atomic mass is 9.97. The van der Waals surface area contributed by atoms with Gasteiger partial charge in [0.05, 0.1) is 0 Å². The first kappa shape index (κ1) is 11.0. The van der Waals surface area contributed by atoms with Gasteiger partial charge in [-0.1, -0.05) is 50.6 Å². The fourth-order valence-corrected chi connectivity index (χ4v) is 1.65. The average molecular weight is 188 g/mol. The number of allylic oxidation sites excluding steroid dienone is 2. The van der Waals surface area contributed by atoms with E-state index in [1.54, 1.807) is 0 Å². The third kappa shape index (κ3) is 2.73. The molecule has 1 aromatic rings. The molecule has 0 heterocycles. The van der Waals surface area contributed by atoms with Gasteiger partial charge in [-0.25, -0.2) is 0 Å². The van der Waals surface area contributed by atoms with Crippen molar-refractivity contribution in [3.8, 4) is 0 Å². The van der Waals surface area contributed by atoms with E-state index in [4.69, 9.17) is 0 Å². The van der Waals surface area contributed by atoms with Crippen LogP contribution in [0.3, 0.4) is 0 Å². The van der Waals surface area contributed by atoms with Crippen LogP contribution in [0.4, 0.5) is 0 Å². The van der Waals surface area contributed by atoms with E-state index in [1.807, 2.05) is 0 Å². The quantitative estimate of drug-likeness (QED) is 0.657. The molecule has 0 bridgehead atoms. The molecule has 1 unspecified atom stereocenters. The Labute approximate surface area is 87.7 Å². The Hall–Kier alpha value is -1.04.